The van der Waals surface area contributed by atoms with Gasteiger partial charge in [0.15, 0.2) is 5.82 Å². The van der Waals surface area contributed by atoms with Crippen molar-refractivity contribution >= 4 is 5.82 Å². The Hall–Kier alpha value is -2.61. The van der Waals surface area contributed by atoms with Gasteiger partial charge in [0.05, 0.1) is 12.3 Å². The van der Waals surface area contributed by atoms with Gasteiger partial charge in [0.2, 0.25) is 0 Å². The molecule has 0 saturated carbocycles. The zero-order valence-electron chi connectivity index (χ0n) is 10.8. The highest BCUT2D eigenvalue weighted by Crippen LogP contribution is 2.21. The first-order valence-corrected chi connectivity index (χ1v) is 5.90. The fourth-order valence-electron chi connectivity index (χ4n) is 1.57. The smallest absolute Gasteiger partial charge is 0.161 e. The van der Waals surface area contributed by atoms with Crippen LogP contribution in [-0.2, 0) is 0 Å². The third kappa shape index (κ3) is 2.99. The Morgan fingerprint density at radius 2 is 1.95 bits per heavy atom. The number of hydrogen-bond donors (Lipinski definition) is 1. The van der Waals surface area contributed by atoms with Crippen LogP contribution in [0.4, 0.5) is 5.82 Å². The summed E-state index contributed by atoms with van der Waals surface area (Å²) in [6.07, 6.45) is 1.56. The zero-order valence-corrected chi connectivity index (χ0v) is 10.8. The molecule has 5 heteroatoms. The minimum atomic E-state index is 0.132. The molecular weight excluding hydrogens is 240 g/mol. The van der Waals surface area contributed by atoms with Gasteiger partial charge in [-0.05, 0) is 38.1 Å². The maximum atomic E-state index is 8.77. The molecule has 96 valence electrons. The second-order valence-electron chi connectivity index (χ2n) is 4.30. The SMILES string of the molecule is CC(C)Oc1ccc(-c2ncc(C#N)c(N)n2)cc1. The fraction of sp³-hybridized carbons (Fsp3) is 0.214. The van der Waals surface area contributed by atoms with Crippen molar-refractivity contribution in [2.45, 2.75) is 20.0 Å². The Labute approximate surface area is 111 Å². The number of hydrogen-bond acceptors (Lipinski definition) is 5. The number of ether oxygens (including phenoxy) is 1. The van der Waals surface area contributed by atoms with Crippen molar-refractivity contribution in [1.29, 1.82) is 5.26 Å². The Morgan fingerprint density at radius 1 is 1.26 bits per heavy atom. The van der Waals surface area contributed by atoms with Crippen molar-refractivity contribution in [2.24, 2.45) is 0 Å². The largest absolute Gasteiger partial charge is 0.491 e. The first kappa shape index (κ1) is 12.8. The van der Waals surface area contributed by atoms with Crippen LogP contribution >= 0.6 is 0 Å². The number of nitrogens with two attached hydrogens (primary N) is 1. The third-order valence-corrected chi connectivity index (χ3v) is 2.42. The van der Waals surface area contributed by atoms with Crippen LogP contribution in [0.5, 0.6) is 5.75 Å². The summed E-state index contributed by atoms with van der Waals surface area (Å²) < 4.78 is 5.56. The lowest BCUT2D eigenvalue weighted by Crippen LogP contribution is -2.05. The van der Waals surface area contributed by atoms with E-state index in [1.807, 2.05) is 44.2 Å². The van der Waals surface area contributed by atoms with Crippen LogP contribution in [0, 0.1) is 11.3 Å². The Bertz CT molecular complexity index is 614. The minimum Gasteiger partial charge on any atom is -0.491 e. The van der Waals surface area contributed by atoms with Crippen LogP contribution in [0.25, 0.3) is 11.4 Å². The van der Waals surface area contributed by atoms with Gasteiger partial charge in [0, 0.05) is 5.56 Å². The van der Waals surface area contributed by atoms with Crippen LogP contribution < -0.4 is 10.5 Å². The van der Waals surface area contributed by atoms with E-state index in [0.717, 1.165) is 11.3 Å². The van der Waals surface area contributed by atoms with Gasteiger partial charge in [-0.1, -0.05) is 0 Å². The molecule has 1 aromatic heterocycles. The second kappa shape index (κ2) is 5.36. The monoisotopic (exact) mass is 254 g/mol. The predicted molar refractivity (Wildman–Crippen MR) is 72.4 cm³/mol. The van der Waals surface area contributed by atoms with Crippen molar-refractivity contribution in [2.75, 3.05) is 5.73 Å². The molecule has 0 atom stereocenters. The second-order valence-corrected chi connectivity index (χ2v) is 4.30. The molecule has 0 amide bonds. The molecule has 0 spiro atoms. The van der Waals surface area contributed by atoms with Gasteiger partial charge in [0.1, 0.15) is 23.2 Å². The van der Waals surface area contributed by atoms with Crippen molar-refractivity contribution in [1.82, 2.24) is 9.97 Å². The number of anilines is 1. The molecule has 2 aromatic rings. The predicted octanol–water partition coefficient (Wildman–Crippen LogP) is 2.38. The van der Waals surface area contributed by atoms with Gasteiger partial charge in [-0.15, -0.1) is 0 Å². The van der Waals surface area contributed by atoms with E-state index >= 15 is 0 Å². The zero-order chi connectivity index (χ0) is 13.8. The number of nitriles is 1. The molecule has 2 N–H and O–H groups in total. The van der Waals surface area contributed by atoms with E-state index in [-0.39, 0.29) is 17.5 Å². The van der Waals surface area contributed by atoms with E-state index in [0.29, 0.717) is 5.82 Å². The summed E-state index contributed by atoms with van der Waals surface area (Å²) in [6, 6.07) is 9.36. The molecule has 2 rings (SSSR count). The van der Waals surface area contributed by atoms with Crippen LogP contribution in [0.3, 0.4) is 0 Å². The third-order valence-electron chi connectivity index (χ3n) is 2.42. The van der Waals surface area contributed by atoms with Gasteiger partial charge in [-0.3, -0.25) is 0 Å². The van der Waals surface area contributed by atoms with E-state index < -0.39 is 0 Å². The van der Waals surface area contributed by atoms with E-state index in [4.69, 9.17) is 15.7 Å². The molecule has 0 radical (unpaired) electrons. The normalized spacial score (nSPS) is 10.2. The van der Waals surface area contributed by atoms with Crippen LogP contribution in [0.1, 0.15) is 19.4 Å². The molecule has 5 nitrogen and oxygen atoms in total. The van der Waals surface area contributed by atoms with E-state index in [1.165, 1.54) is 6.20 Å². The highest BCUT2D eigenvalue weighted by Gasteiger charge is 2.06. The van der Waals surface area contributed by atoms with E-state index in [1.54, 1.807) is 0 Å². The number of rotatable bonds is 3. The molecule has 0 aliphatic carbocycles. The highest BCUT2D eigenvalue weighted by molar-refractivity contribution is 5.60. The number of aromatic nitrogens is 2. The van der Waals surface area contributed by atoms with E-state index in [2.05, 4.69) is 9.97 Å². The summed E-state index contributed by atoms with van der Waals surface area (Å²) in [4.78, 5) is 8.22. The summed E-state index contributed by atoms with van der Waals surface area (Å²) in [5.74, 6) is 1.47. The maximum Gasteiger partial charge on any atom is 0.161 e. The standard InChI is InChI=1S/C14H14N4O/c1-9(2)19-12-5-3-10(4-6-12)14-17-8-11(7-15)13(16)18-14/h3-6,8-9H,1-2H3,(H2,16,17,18). The molecule has 0 saturated heterocycles. The first-order chi connectivity index (χ1) is 9.10. The first-order valence-electron chi connectivity index (χ1n) is 5.90. The molecule has 0 unspecified atom stereocenters. The van der Waals surface area contributed by atoms with Crippen LogP contribution in [0.15, 0.2) is 30.5 Å². The van der Waals surface area contributed by atoms with Crippen LogP contribution in [-0.4, -0.2) is 16.1 Å². The Balaban J connectivity index is 2.27. The van der Waals surface area contributed by atoms with Gasteiger partial charge >= 0.3 is 0 Å². The summed E-state index contributed by atoms with van der Waals surface area (Å²) in [5, 5.41) is 8.77. The minimum absolute atomic E-state index is 0.132. The van der Waals surface area contributed by atoms with Gasteiger partial charge in [-0.2, -0.15) is 5.26 Å². The van der Waals surface area contributed by atoms with Gasteiger partial charge in [-0.25, -0.2) is 9.97 Å². The molecule has 0 fully saturated rings. The van der Waals surface area contributed by atoms with Gasteiger partial charge < -0.3 is 10.5 Å². The van der Waals surface area contributed by atoms with Crippen molar-refractivity contribution < 1.29 is 4.74 Å². The molecule has 19 heavy (non-hydrogen) atoms. The number of nitrogen functional groups attached to an aromatic ring is 1. The van der Waals surface area contributed by atoms with Crippen LogP contribution in [0.2, 0.25) is 0 Å². The number of benzene rings is 1. The summed E-state index contributed by atoms with van der Waals surface area (Å²) in [5.41, 5.74) is 6.77. The highest BCUT2D eigenvalue weighted by atomic mass is 16.5. The van der Waals surface area contributed by atoms with Gasteiger partial charge in [0.25, 0.3) is 0 Å². The van der Waals surface area contributed by atoms with Crippen molar-refractivity contribution in [3.63, 3.8) is 0 Å². The maximum absolute atomic E-state index is 8.77. The fourth-order valence-corrected chi connectivity index (χ4v) is 1.57. The summed E-state index contributed by atoms with van der Waals surface area (Å²) in [7, 11) is 0. The molecular formula is C14H14N4O. The molecule has 1 heterocycles. The Kier molecular flexibility index (Phi) is 3.62. The van der Waals surface area contributed by atoms with E-state index in [9.17, 15) is 0 Å². The average molecular weight is 254 g/mol. The lowest BCUT2D eigenvalue weighted by Gasteiger charge is -2.09. The summed E-state index contributed by atoms with van der Waals surface area (Å²) in [6.45, 7) is 3.94. The number of nitrogens with zero attached hydrogens (tertiary/aromatic N) is 3. The quantitative estimate of drug-likeness (QED) is 0.908. The lowest BCUT2D eigenvalue weighted by molar-refractivity contribution is 0.242. The summed E-state index contributed by atoms with van der Waals surface area (Å²) >= 11 is 0. The molecule has 1 aromatic carbocycles. The average Bonchev–Trinajstić information content (AvgIpc) is 2.39. The molecule has 0 aliphatic heterocycles. The van der Waals surface area contributed by atoms with Crippen molar-refractivity contribution in [3.05, 3.63) is 36.0 Å². The lowest BCUT2D eigenvalue weighted by atomic mass is 10.2. The molecule has 0 bridgehead atoms. The topological polar surface area (TPSA) is 84.8 Å². The Morgan fingerprint density at radius 3 is 2.47 bits per heavy atom. The van der Waals surface area contributed by atoms with Crippen molar-refractivity contribution in [3.8, 4) is 23.2 Å². The molecule has 0 aliphatic rings.